The van der Waals surface area contributed by atoms with Gasteiger partial charge in [0.2, 0.25) is 0 Å². The van der Waals surface area contributed by atoms with Crippen molar-refractivity contribution in [2.45, 2.75) is 65.6 Å². The minimum absolute atomic E-state index is 0.333. The molecule has 0 unspecified atom stereocenters. The minimum Gasteiger partial charge on any atom is -0.463 e. The highest BCUT2D eigenvalue weighted by Gasteiger charge is 2.52. The highest BCUT2D eigenvalue weighted by Crippen LogP contribution is 2.43. The maximum Gasteiger partial charge on any atom is 0.491 e. The Hall–Kier alpha value is -2.89. The molecule has 2 aliphatic rings. The summed E-state index contributed by atoms with van der Waals surface area (Å²) in [6, 6.07) is 16.8. The fraction of sp³-hybridized carbons (Fsp3) is 0.367. The Balaban J connectivity index is 1.75. The van der Waals surface area contributed by atoms with Gasteiger partial charge in [-0.05, 0) is 92.4 Å². The van der Waals surface area contributed by atoms with Crippen LogP contribution in [-0.2, 0) is 25.3 Å². The van der Waals surface area contributed by atoms with E-state index in [-0.39, 0.29) is 5.97 Å². The summed E-state index contributed by atoms with van der Waals surface area (Å²) in [6.45, 7) is 12.7. The molecule has 2 aromatic carbocycles. The van der Waals surface area contributed by atoms with Gasteiger partial charge in [0.15, 0.2) is 0 Å². The lowest BCUT2D eigenvalue weighted by molar-refractivity contribution is -0.137. The highest BCUT2D eigenvalue weighted by molar-refractivity contribution is 6.56. The number of carbonyl (C=O) groups is 1. The summed E-state index contributed by atoms with van der Waals surface area (Å²) in [7, 11) is -0.409. The van der Waals surface area contributed by atoms with Gasteiger partial charge in [-0.2, -0.15) is 0 Å². The van der Waals surface area contributed by atoms with E-state index in [9.17, 15) is 4.79 Å². The lowest BCUT2D eigenvalue weighted by Crippen LogP contribution is -2.41. The average molecular weight is 470 g/mol. The molecule has 1 heterocycles. The Morgan fingerprint density at radius 3 is 2.26 bits per heavy atom. The van der Waals surface area contributed by atoms with Gasteiger partial charge in [0.05, 0.1) is 17.8 Å². The normalized spacial score (nSPS) is 18.9. The van der Waals surface area contributed by atoms with Crippen LogP contribution in [0.4, 0.5) is 0 Å². The van der Waals surface area contributed by atoms with Crippen LogP contribution in [-0.4, -0.2) is 30.9 Å². The van der Waals surface area contributed by atoms with Crippen LogP contribution in [0, 0.1) is 0 Å². The lowest BCUT2D eigenvalue weighted by atomic mass is 9.70. The predicted octanol–water partition coefficient (Wildman–Crippen LogP) is 6.70. The number of carbonyl (C=O) groups excluding carboxylic acids is 1. The Kier molecular flexibility index (Phi) is 7.21. The number of fused-ring (bicyclic) bond motifs is 1. The molecule has 5 heteroatoms. The van der Waals surface area contributed by atoms with Crippen molar-refractivity contribution in [3.63, 3.8) is 0 Å². The first-order valence-corrected chi connectivity index (χ1v) is 12.5. The average Bonchev–Trinajstić information content (AvgIpc) is 3.33. The molecule has 4 nitrogen and oxygen atoms in total. The molecule has 2 aromatic rings. The lowest BCUT2D eigenvalue weighted by Gasteiger charge is -2.32. The van der Waals surface area contributed by atoms with Crippen LogP contribution in [0.25, 0.3) is 17.7 Å². The van der Waals surface area contributed by atoms with Crippen LogP contribution >= 0.6 is 0 Å². The minimum atomic E-state index is -0.409. The molecule has 0 saturated carbocycles. The van der Waals surface area contributed by atoms with E-state index in [1.807, 2.05) is 12.1 Å². The van der Waals surface area contributed by atoms with Gasteiger partial charge in [-0.1, -0.05) is 61.5 Å². The van der Waals surface area contributed by atoms with E-state index in [2.05, 4.69) is 77.1 Å². The SMILES string of the molecule is CCOC(=O)/C=C/c1ccc(/C(C2=Cc3ccccc3C2)=C(/CC)B2OC(C)(C)C(C)(C)O2)cc1. The fourth-order valence-corrected chi connectivity index (χ4v) is 4.58. The van der Waals surface area contributed by atoms with Crippen molar-refractivity contribution in [3.8, 4) is 0 Å². The third-order valence-corrected chi connectivity index (χ3v) is 7.22. The van der Waals surface area contributed by atoms with E-state index >= 15 is 0 Å². The van der Waals surface area contributed by atoms with Gasteiger partial charge in [-0.25, -0.2) is 4.79 Å². The smallest absolute Gasteiger partial charge is 0.463 e. The van der Waals surface area contributed by atoms with Crippen molar-refractivity contribution in [1.29, 1.82) is 0 Å². The summed E-state index contributed by atoms with van der Waals surface area (Å²) in [5.74, 6) is -0.333. The first-order valence-electron chi connectivity index (χ1n) is 12.5. The molecule has 0 amide bonds. The van der Waals surface area contributed by atoms with E-state index in [0.29, 0.717) is 6.61 Å². The van der Waals surface area contributed by atoms with Crippen molar-refractivity contribution in [2.24, 2.45) is 0 Å². The Labute approximate surface area is 209 Å². The zero-order chi connectivity index (χ0) is 25.2. The molecular weight excluding hydrogens is 435 g/mol. The molecule has 1 saturated heterocycles. The molecular formula is C30H35BO4. The van der Waals surface area contributed by atoms with Crippen molar-refractivity contribution in [1.82, 2.24) is 0 Å². The van der Waals surface area contributed by atoms with Gasteiger partial charge in [0.1, 0.15) is 0 Å². The topological polar surface area (TPSA) is 44.8 Å². The summed E-state index contributed by atoms with van der Waals surface area (Å²) in [5, 5.41) is 0. The van der Waals surface area contributed by atoms with Crippen LogP contribution in [0.5, 0.6) is 0 Å². The van der Waals surface area contributed by atoms with Crippen LogP contribution in [0.15, 0.2) is 65.7 Å². The monoisotopic (exact) mass is 470 g/mol. The van der Waals surface area contributed by atoms with Crippen molar-refractivity contribution in [2.75, 3.05) is 6.61 Å². The van der Waals surface area contributed by atoms with Gasteiger partial charge < -0.3 is 14.0 Å². The molecule has 1 aliphatic heterocycles. The molecule has 4 rings (SSSR count). The number of rotatable bonds is 7. The van der Waals surface area contributed by atoms with E-state index in [0.717, 1.165) is 29.4 Å². The summed E-state index contributed by atoms with van der Waals surface area (Å²) in [4.78, 5) is 11.7. The fourth-order valence-electron chi connectivity index (χ4n) is 4.58. The third-order valence-electron chi connectivity index (χ3n) is 7.22. The predicted molar refractivity (Wildman–Crippen MR) is 144 cm³/mol. The molecule has 0 N–H and O–H groups in total. The largest absolute Gasteiger partial charge is 0.491 e. The van der Waals surface area contributed by atoms with Crippen molar-refractivity contribution >= 4 is 30.8 Å². The molecule has 0 spiro atoms. The summed E-state index contributed by atoms with van der Waals surface area (Å²) >= 11 is 0. The van der Waals surface area contributed by atoms with Crippen LogP contribution in [0.3, 0.4) is 0 Å². The molecule has 182 valence electrons. The van der Waals surface area contributed by atoms with E-state index in [4.69, 9.17) is 14.0 Å². The number of benzene rings is 2. The zero-order valence-electron chi connectivity index (χ0n) is 21.7. The molecule has 0 radical (unpaired) electrons. The van der Waals surface area contributed by atoms with E-state index in [1.54, 1.807) is 13.0 Å². The summed E-state index contributed by atoms with van der Waals surface area (Å²) in [5.41, 5.74) is 7.45. The second-order valence-corrected chi connectivity index (χ2v) is 10.1. The van der Waals surface area contributed by atoms with Gasteiger partial charge >= 0.3 is 13.1 Å². The van der Waals surface area contributed by atoms with Crippen molar-refractivity contribution in [3.05, 3.63) is 87.9 Å². The molecule has 35 heavy (non-hydrogen) atoms. The highest BCUT2D eigenvalue weighted by atomic mass is 16.7. The first kappa shape index (κ1) is 25.2. The van der Waals surface area contributed by atoms with Crippen LogP contribution < -0.4 is 0 Å². The molecule has 1 fully saturated rings. The van der Waals surface area contributed by atoms with E-state index in [1.165, 1.54) is 28.3 Å². The standard InChI is InChI=1S/C30H35BO4/c1-7-26(31-34-29(3,4)30(5,6)35-31)28(25-19-23-11-9-10-12-24(23)20-25)22-16-13-21(14-17-22)15-18-27(32)33-8-2/h9-19H,7-8,20H2,1-6H3/b18-15+,28-26+. The van der Waals surface area contributed by atoms with Gasteiger partial charge in [0.25, 0.3) is 0 Å². The Bertz CT molecular complexity index is 1170. The maximum atomic E-state index is 11.7. The second kappa shape index (κ2) is 10.0. The van der Waals surface area contributed by atoms with Gasteiger partial charge in [0, 0.05) is 6.08 Å². The van der Waals surface area contributed by atoms with E-state index < -0.39 is 18.3 Å². The third kappa shape index (κ3) is 5.22. The summed E-state index contributed by atoms with van der Waals surface area (Å²) in [6.07, 6.45) is 7.22. The molecule has 0 aromatic heterocycles. The van der Waals surface area contributed by atoms with Gasteiger partial charge in [-0.15, -0.1) is 0 Å². The number of hydrogen-bond acceptors (Lipinski definition) is 4. The number of ether oxygens (including phenoxy) is 1. The second-order valence-electron chi connectivity index (χ2n) is 10.1. The first-order chi connectivity index (χ1) is 16.6. The molecule has 0 bridgehead atoms. The Morgan fingerprint density at radius 2 is 1.66 bits per heavy atom. The van der Waals surface area contributed by atoms with Crippen LogP contribution in [0.2, 0.25) is 0 Å². The molecule has 1 aliphatic carbocycles. The molecule has 0 atom stereocenters. The van der Waals surface area contributed by atoms with Gasteiger partial charge in [-0.3, -0.25) is 0 Å². The van der Waals surface area contributed by atoms with Crippen LogP contribution in [0.1, 0.15) is 70.2 Å². The number of hydrogen-bond donors (Lipinski definition) is 0. The zero-order valence-corrected chi connectivity index (χ0v) is 21.7. The van der Waals surface area contributed by atoms with Crippen molar-refractivity contribution < 1.29 is 18.8 Å². The summed E-state index contributed by atoms with van der Waals surface area (Å²) < 4.78 is 18.0. The quantitative estimate of drug-likeness (QED) is 0.257. The number of esters is 1. The number of allylic oxidation sites excluding steroid dienone is 3. The maximum absolute atomic E-state index is 11.7. The Morgan fingerprint density at radius 1 is 1.00 bits per heavy atom.